The quantitative estimate of drug-likeness (QED) is 0.285. The Bertz CT molecular complexity index is 1570. The minimum Gasteiger partial charge on any atom is -0.506 e. The van der Waals surface area contributed by atoms with Crippen LogP contribution in [0.15, 0.2) is 93.0 Å². The largest absolute Gasteiger partial charge is 0.506 e. The molecule has 0 unspecified atom stereocenters. The van der Waals surface area contributed by atoms with Crippen molar-refractivity contribution in [1.82, 2.24) is 4.98 Å². The van der Waals surface area contributed by atoms with Crippen molar-refractivity contribution in [2.24, 2.45) is 0 Å². The Kier molecular flexibility index (Phi) is 5.28. The van der Waals surface area contributed by atoms with E-state index in [1.807, 2.05) is 49.4 Å². The van der Waals surface area contributed by atoms with Gasteiger partial charge in [0.25, 0.3) is 10.0 Å². The molecule has 5 nitrogen and oxygen atoms in total. The molecule has 0 aliphatic rings. The standard InChI is InChI=1S/C24H18N2O3S3/c1-15-11-12-22(30-15)32(28,29)26-19-14-21(24(27)18-9-3-2-8-17(18)19)31-20-10-4-6-16-7-5-13-25-23(16)20/h2-14,26-27H,1H3. The molecule has 0 atom stereocenters. The number of sulfonamides is 1. The summed E-state index contributed by atoms with van der Waals surface area (Å²) in [5, 5.41) is 13.2. The molecule has 0 aliphatic heterocycles. The van der Waals surface area contributed by atoms with E-state index in [0.717, 1.165) is 20.7 Å². The van der Waals surface area contributed by atoms with Crippen LogP contribution in [0.4, 0.5) is 5.69 Å². The fraction of sp³-hybridized carbons (Fsp3) is 0.0417. The lowest BCUT2D eigenvalue weighted by Gasteiger charge is -2.15. The minimum atomic E-state index is -3.76. The number of anilines is 1. The number of benzene rings is 3. The first kappa shape index (κ1) is 20.8. The third-order valence-electron chi connectivity index (χ3n) is 5.02. The van der Waals surface area contributed by atoms with Crippen molar-refractivity contribution in [3.05, 3.63) is 83.9 Å². The number of phenols is 1. The zero-order chi connectivity index (χ0) is 22.3. The van der Waals surface area contributed by atoms with Gasteiger partial charge in [0, 0.05) is 32.1 Å². The lowest BCUT2D eigenvalue weighted by molar-refractivity contribution is 0.469. The number of aromatic hydroxyl groups is 1. The molecule has 0 aliphatic carbocycles. The van der Waals surface area contributed by atoms with Gasteiger partial charge in [0.05, 0.1) is 16.1 Å². The highest BCUT2D eigenvalue weighted by Gasteiger charge is 2.20. The van der Waals surface area contributed by atoms with Gasteiger partial charge in [-0.15, -0.1) is 11.3 Å². The number of fused-ring (bicyclic) bond motifs is 2. The van der Waals surface area contributed by atoms with Crippen molar-refractivity contribution >= 4 is 60.5 Å². The monoisotopic (exact) mass is 478 g/mol. The molecule has 3 aromatic carbocycles. The maximum absolute atomic E-state index is 13.0. The summed E-state index contributed by atoms with van der Waals surface area (Å²) in [6.07, 6.45) is 1.73. The molecule has 0 amide bonds. The van der Waals surface area contributed by atoms with Crippen LogP contribution in [0.3, 0.4) is 0 Å². The second kappa shape index (κ2) is 8.12. The lowest BCUT2D eigenvalue weighted by atomic mass is 10.1. The number of nitrogens with one attached hydrogen (secondary N) is 1. The number of hydrogen-bond donors (Lipinski definition) is 2. The smallest absolute Gasteiger partial charge is 0.271 e. The summed E-state index contributed by atoms with van der Waals surface area (Å²) in [4.78, 5) is 6.81. The normalized spacial score (nSPS) is 11.8. The molecule has 5 rings (SSSR count). The van der Waals surface area contributed by atoms with E-state index in [9.17, 15) is 13.5 Å². The van der Waals surface area contributed by atoms with E-state index in [1.54, 1.807) is 36.5 Å². The van der Waals surface area contributed by atoms with Gasteiger partial charge in [-0.05, 0) is 37.3 Å². The molecule has 2 N–H and O–H groups in total. The molecule has 0 bridgehead atoms. The molecule has 160 valence electrons. The molecular weight excluding hydrogens is 460 g/mol. The molecule has 2 heterocycles. The van der Waals surface area contributed by atoms with E-state index in [2.05, 4.69) is 9.71 Å². The van der Waals surface area contributed by atoms with Crippen LogP contribution >= 0.6 is 23.1 Å². The fourth-order valence-corrected chi connectivity index (χ4v) is 6.91. The van der Waals surface area contributed by atoms with Crippen LogP contribution in [-0.2, 0) is 10.0 Å². The Morgan fingerprint density at radius 3 is 2.50 bits per heavy atom. The summed E-state index contributed by atoms with van der Waals surface area (Å²) in [5.41, 5.74) is 1.24. The highest BCUT2D eigenvalue weighted by molar-refractivity contribution is 7.99. The van der Waals surface area contributed by atoms with Crippen molar-refractivity contribution in [3.8, 4) is 5.75 Å². The number of rotatable bonds is 5. The fourth-order valence-electron chi connectivity index (χ4n) is 3.53. The average molecular weight is 479 g/mol. The highest BCUT2D eigenvalue weighted by atomic mass is 32.2. The van der Waals surface area contributed by atoms with Gasteiger partial charge in [0.2, 0.25) is 0 Å². The number of para-hydroxylation sites is 1. The average Bonchev–Trinajstić information content (AvgIpc) is 3.24. The van der Waals surface area contributed by atoms with Gasteiger partial charge in [-0.1, -0.05) is 54.2 Å². The topological polar surface area (TPSA) is 79.3 Å². The summed E-state index contributed by atoms with van der Waals surface area (Å²) >= 11 is 2.57. The number of pyridine rings is 1. The SMILES string of the molecule is Cc1ccc(S(=O)(=O)Nc2cc(Sc3cccc4cccnc34)c(O)c3ccccc23)s1. The number of nitrogens with zero attached hydrogens (tertiary/aromatic N) is 1. The summed E-state index contributed by atoms with van der Waals surface area (Å²) < 4.78 is 29.0. The van der Waals surface area contributed by atoms with E-state index >= 15 is 0 Å². The van der Waals surface area contributed by atoms with E-state index in [4.69, 9.17) is 0 Å². The van der Waals surface area contributed by atoms with Gasteiger partial charge in [0.1, 0.15) is 9.96 Å². The van der Waals surface area contributed by atoms with Crippen molar-refractivity contribution in [2.45, 2.75) is 20.9 Å². The molecule has 0 spiro atoms. The molecule has 8 heteroatoms. The Morgan fingerprint density at radius 1 is 0.938 bits per heavy atom. The number of aromatic nitrogens is 1. The molecular formula is C24H18N2O3S3. The first-order valence-corrected chi connectivity index (χ1v) is 12.9. The molecule has 0 saturated heterocycles. The summed E-state index contributed by atoms with van der Waals surface area (Å²) in [6.45, 7) is 1.87. The first-order chi connectivity index (χ1) is 15.4. The number of hydrogen-bond acceptors (Lipinski definition) is 6. The second-order valence-corrected chi connectivity index (χ2v) is 11.5. The lowest BCUT2D eigenvalue weighted by Crippen LogP contribution is -2.11. The van der Waals surface area contributed by atoms with Crippen LogP contribution in [0, 0.1) is 6.92 Å². The van der Waals surface area contributed by atoms with Crippen molar-refractivity contribution in [3.63, 3.8) is 0 Å². The molecule has 0 radical (unpaired) electrons. The Hall–Kier alpha value is -3.07. The van der Waals surface area contributed by atoms with Crippen molar-refractivity contribution < 1.29 is 13.5 Å². The van der Waals surface area contributed by atoms with Crippen LogP contribution in [0.25, 0.3) is 21.7 Å². The van der Waals surface area contributed by atoms with Gasteiger partial charge in [0.15, 0.2) is 0 Å². The molecule has 2 aromatic heterocycles. The molecule has 32 heavy (non-hydrogen) atoms. The van der Waals surface area contributed by atoms with E-state index < -0.39 is 10.0 Å². The predicted octanol–water partition coefficient (Wildman–Crippen LogP) is 6.42. The first-order valence-electron chi connectivity index (χ1n) is 9.78. The van der Waals surface area contributed by atoms with E-state index in [0.29, 0.717) is 21.4 Å². The number of phenolic OH excluding ortho intramolecular Hbond substituents is 1. The third-order valence-corrected chi connectivity index (χ3v) is 8.96. The maximum atomic E-state index is 13.0. The van der Waals surface area contributed by atoms with Gasteiger partial charge in [-0.2, -0.15) is 0 Å². The molecule has 0 fully saturated rings. The zero-order valence-corrected chi connectivity index (χ0v) is 19.4. The van der Waals surface area contributed by atoms with Crippen molar-refractivity contribution in [1.29, 1.82) is 0 Å². The number of thiophene rings is 1. The van der Waals surface area contributed by atoms with Crippen LogP contribution < -0.4 is 4.72 Å². The highest BCUT2D eigenvalue weighted by Crippen LogP contribution is 2.44. The van der Waals surface area contributed by atoms with Crippen LogP contribution in [0.2, 0.25) is 0 Å². The predicted molar refractivity (Wildman–Crippen MR) is 131 cm³/mol. The summed E-state index contributed by atoms with van der Waals surface area (Å²) in [7, 11) is -3.76. The summed E-state index contributed by atoms with van der Waals surface area (Å²) in [5.74, 6) is 0.105. The van der Waals surface area contributed by atoms with Crippen molar-refractivity contribution in [2.75, 3.05) is 4.72 Å². The van der Waals surface area contributed by atoms with Crippen LogP contribution in [0.1, 0.15) is 4.88 Å². The Morgan fingerprint density at radius 2 is 1.72 bits per heavy atom. The minimum absolute atomic E-state index is 0.105. The zero-order valence-electron chi connectivity index (χ0n) is 16.9. The third kappa shape index (κ3) is 3.81. The van der Waals surface area contributed by atoms with E-state index in [-0.39, 0.29) is 9.96 Å². The van der Waals surface area contributed by atoms with Crippen LogP contribution in [-0.4, -0.2) is 18.5 Å². The van der Waals surface area contributed by atoms with Gasteiger partial charge < -0.3 is 5.11 Å². The van der Waals surface area contributed by atoms with Gasteiger partial charge in [-0.25, -0.2) is 8.42 Å². The molecule has 0 saturated carbocycles. The van der Waals surface area contributed by atoms with E-state index in [1.165, 1.54) is 23.1 Å². The summed E-state index contributed by atoms with van der Waals surface area (Å²) in [6, 6.07) is 22.0. The van der Waals surface area contributed by atoms with Gasteiger partial charge in [-0.3, -0.25) is 9.71 Å². The number of aryl methyl sites for hydroxylation is 1. The second-order valence-electron chi connectivity index (χ2n) is 7.22. The molecule has 5 aromatic rings. The maximum Gasteiger partial charge on any atom is 0.271 e. The van der Waals surface area contributed by atoms with Gasteiger partial charge >= 0.3 is 0 Å². The Labute approximate surface area is 193 Å². The van der Waals surface area contributed by atoms with Crippen LogP contribution in [0.5, 0.6) is 5.75 Å². The Balaban J connectivity index is 1.64.